The van der Waals surface area contributed by atoms with E-state index in [1.807, 2.05) is 24.3 Å². The molecular formula is C28H39ClO4S. The van der Waals surface area contributed by atoms with Crippen LogP contribution in [0, 0.1) is 28.6 Å². The highest BCUT2D eigenvalue weighted by Crippen LogP contribution is 2.62. The van der Waals surface area contributed by atoms with Crippen LogP contribution in [0.2, 0.25) is 5.02 Å². The molecule has 0 radical (unpaired) electrons. The van der Waals surface area contributed by atoms with Crippen molar-refractivity contribution in [3.05, 3.63) is 53.1 Å². The molecule has 3 unspecified atom stereocenters. The van der Waals surface area contributed by atoms with Crippen molar-refractivity contribution in [1.29, 1.82) is 0 Å². The van der Waals surface area contributed by atoms with Crippen molar-refractivity contribution in [3.63, 3.8) is 0 Å². The lowest BCUT2D eigenvalue weighted by atomic mass is 9.48. The third kappa shape index (κ3) is 4.77. The molecular weight excluding hydrogens is 468 g/mol. The van der Waals surface area contributed by atoms with Gasteiger partial charge in [-0.1, -0.05) is 56.7 Å². The third-order valence-corrected chi connectivity index (χ3v) is 10.5. The topological polar surface area (TPSA) is 69.9 Å². The maximum Gasteiger partial charge on any atom is 0.178 e. The van der Waals surface area contributed by atoms with Crippen LogP contribution in [-0.2, 0) is 4.74 Å². The fourth-order valence-corrected chi connectivity index (χ4v) is 8.91. The summed E-state index contributed by atoms with van der Waals surface area (Å²) in [5, 5.41) is 32.8. The number of halogens is 1. The first-order valence-electron chi connectivity index (χ1n) is 12.5. The normalized spacial score (nSPS) is 39.3. The van der Waals surface area contributed by atoms with Gasteiger partial charge >= 0.3 is 0 Å². The molecule has 0 saturated heterocycles. The van der Waals surface area contributed by atoms with Gasteiger partial charge in [0.15, 0.2) is 6.29 Å². The lowest BCUT2D eigenvalue weighted by Gasteiger charge is -2.58. The molecule has 0 spiro atoms. The molecule has 0 aromatic heterocycles. The van der Waals surface area contributed by atoms with Crippen LogP contribution in [0.5, 0.6) is 0 Å². The van der Waals surface area contributed by atoms with Crippen molar-refractivity contribution in [3.8, 4) is 0 Å². The third-order valence-electron chi connectivity index (χ3n) is 9.01. The Labute approximate surface area is 213 Å². The minimum Gasteiger partial charge on any atom is -0.396 e. The van der Waals surface area contributed by atoms with Gasteiger partial charge in [-0.15, -0.1) is 11.8 Å². The number of hydrogen-bond donors (Lipinski definition) is 3. The maximum atomic E-state index is 11.0. The minimum atomic E-state index is -0.894. The summed E-state index contributed by atoms with van der Waals surface area (Å²) >= 11 is 8.00. The molecule has 4 nitrogen and oxygen atoms in total. The van der Waals surface area contributed by atoms with E-state index in [9.17, 15) is 15.3 Å². The van der Waals surface area contributed by atoms with Crippen LogP contribution >= 0.6 is 23.4 Å². The number of aliphatic hydroxyl groups excluding tert-OH is 3. The molecule has 34 heavy (non-hydrogen) atoms. The number of rotatable bonds is 6. The smallest absolute Gasteiger partial charge is 0.178 e. The molecule has 2 saturated carbocycles. The summed E-state index contributed by atoms with van der Waals surface area (Å²) in [7, 11) is 0. The number of benzene rings is 1. The van der Waals surface area contributed by atoms with Gasteiger partial charge in [0, 0.05) is 20.6 Å². The van der Waals surface area contributed by atoms with Gasteiger partial charge < -0.3 is 20.1 Å². The Hall–Kier alpha value is -0.820. The fraction of sp³-hybridized carbons (Fsp3) is 0.643. The Morgan fingerprint density at radius 3 is 2.68 bits per heavy atom. The van der Waals surface area contributed by atoms with Crippen LogP contribution in [0.15, 0.2) is 53.0 Å². The summed E-state index contributed by atoms with van der Waals surface area (Å²) < 4.78 is 5.50. The number of ether oxygens (including phenoxy) is 1. The highest BCUT2D eigenvalue weighted by atomic mass is 35.5. The van der Waals surface area contributed by atoms with Crippen molar-refractivity contribution in [2.75, 3.05) is 13.2 Å². The average Bonchev–Trinajstić information content (AvgIpc) is 3.19. The van der Waals surface area contributed by atoms with Crippen LogP contribution in [0.4, 0.5) is 0 Å². The van der Waals surface area contributed by atoms with Gasteiger partial charge in [0.2, 0.25) is 0 Å². The number of allylic oxidation sites excluding steroid dienone is 1. The summed E-state index contributed by atoms with van der Waals surface area (Å²) in [6, 6.07) is 7.85. The molecule has 1 heterocycles. The SMILES string of the molecule is C=C1CC[C@@H](C)C2[C@](C)(CO)[C@H](O)CC[C@@]2(C)[C@@H]1CC(Sc1cccc(Cl)c1)C1=CCOC1O. The van der Waals surface area contributed by atoms with E-state index in [0.717, 1.165) is 36.2 Å². The molecule has 3 N–H and O–H groups in total. The predicted molar refractivity (Wildman–Crippen MR) is 139 cm³/mol. The van der Waals surface area contributed by atoms with Crippen molar-refractivity contribution in [1.82, 2.24) is 0 Å². The molecule has 2 fully saturated rings. The number of aliphatic hydroxyl groups is 3. The highest BCUT2D eigenvalue weighted by molar-refractivity contribution is 8.00. The van der Waals surface area contributed by atoms with Crippen LogP contribution in [0.25, 0.3) is 0 Å². The van der Waals surface area contributed by atoms with E-state index in [4.69, 9.17) is 16.3 Å². The summed E-state index contributed by atoms with van der Waals surface area (Å²) in [5.74, 6) is 0.747. The van der Waals surface area contributed by atoms with Gasteiger partial charge in [0.1, 0.15) is 0 Å². The Kier molecular flexibility index (Phi) is 7.93. The molecule has 8 atom stereocenters. The first-order chi connectivity index (χ1) is 16.1. The van der Waals surface area contributed by atoms with Gasteiger partial charge in [0.05, 0.1) is 19.3 Å². The molecule has 2 aliphatic carbocycles. The summed E-state index contributed by atoms with van der Waals surface area (Å²) in [6.45, 7) is 11.7. The molecule has 4 rings (SSSR count). The molecule has 6 heteroatoms. The summed E-state index contributed by atoms with van der Waals surface area (Å²) in [6.07, 6.45) is 4.97. The lowest BCUT2D eigenvalue weighted by Crippen LogP contribution is -2.57. The van der Waals surface area contributed by atoms with Crippen molar-refractivity contribution >= 4 is 23.4 Å². The van der Waals surface area contributed by atoms with Crippen LogP contribution in [0.3, 0.4) is 0 Å². The zero-order valence-electron chi connectivity index (χ0n) is 20.5. The van der Waals surface area contributed by atoms with E-state index in [2.05, 4.69) is 33.4 Å². The number of hydrogen-bond acceptors (Lipinski definition) is 5. The van der Waals surface area contributed by atoms with Gasteiger partial charge in [-0.2, -0.15) is 0 Å². The number of thioether (sulfide) groups is 1. The Morgan fingerprint density at radius 1 is 1.26 bits per heavy atom. The first-order valence-corrected chi connectivity index (χ1v) is 13.7. The van der Waals surface area contributed by atoms with E-state index in [0.29, 0.717) is 24.0 Å². The van der Waals surface area contributed by atoms with E-state index >= 15 is 0 Å². The highest BCUT2D eigenvalue weighted by Gasteiger charge is 2.58. The Morgan fingerprint density at radius 2 is 2.03 bits per heavy atom. The second kappa shape index (κ2) is 10.3. The Bertz CT molecular complexity index is 935. The summed E-state index contributed by atoms with van der Waals surface area (Å²) in [4.78, 5) is 1.06. The zero-order valence-corrected chi connectivity index (χ0v) is 22.1. The van der Waals surface area contributed by atoms with E-state index in [1.54, 1.807) is 11.8 Å². The van der Waals surface area contributed by atoms with Crippen LogP contribution < -0.4 is 0 Å². The van der Waals surface area contributed by atoms with Crippen LogP contribution in [0.1, 0.15) is 52.9 Å². The zero-order chi connectivity index (χ0) is 24.7. The summed E-state index contributed by atoms with van der Waals surface area (Å²) in [5.41, 5.74) is 1.51. The van der Waals surface area contributed by atoms with Gasteiger partial charge in [-0.05, 0) is 79.0 Å². The predicted octanol–water partition coefficient (Wildman–Crippen LogP) is 5.84. The first kappa shape index (κ1) is 26.2. The van der Waals surface area contributed by atoms with Gasteiger partial charge in [-0.25, -0.2) is 0 Å². The minimum absolute atomic E-state index is 0.0100. The molecule has 188 valence electrons. The van der Waals surface area contributed by atoms with Gasteiger partial charge in [0.25, 0.3) is 0 Å². The monoisotopic (exact) mass is 506 g/mol. The molecule has 0 bridgehead atoms. The molecule has 1 aliphatic heterocycles. The van der Waals surface area contributed by atoms with E-state index < -0.39 is 17.8 Å². The average molecular weight is 507 g/mol. The van der Waals surface area contributed by atoms with Gasteiger partial charge in [-0.3, -0.25) is 0 Å². The second-order valence-corrected chi connectivity index (χ2v) is 12.8. The Balaban J connectivity index is 1.72. The number of fused-ring (bicyclic) bond motifs is 1. The van der Waals surface area contributed by atoms with E-state index in [-0.39, 0.29) is 29.1 Å². The lowest BCUT2D eigenvalue weighted by molar-refractivity contribution is -0.156. The standard InChI is InChI=1S/C28H39ClO4S/c1-17-8-9-18(2)25-27(3,12-10-24(31)28(25,4)16-30)22(17)15-23(21-11-13-33-26(21)32)34-20-7-5-6-19(29)14-20/h5-7,11,14,18,22-26,30-32H,1,8-10,12-13,15-16H2,2-4H3/t18-,22-,23?,24-,25?,26?,27+,28-/m1/s1. The largest absolute Gasteiger partial charge is 0.396 e. The van der Waals surface area contributed by atoms with E-state index in [1.165, 1.54) is 5.57 Å². The molecule has 1 aromatic carbocycles. The maximum absolute atomic E-state index is 11.0. The molecule has 1 aromatic rings. The van der Waals surface area contributed by atoms with Crippen molar-refractivity contribution < 1.29 is 20.1 Å². The molecule has 3 aliphatic rings. The quantitative estimate of drug-likeness (QED) is 0.334. The fourth-order valence-electron chi connectivity index (χ4n) is 7.34. The van der Waals surface area contributed by atoms with Crippen LogP contribution in [-0.4, -0.2) is 46.2 Å². The molecule has 0 amide bonds. The van der Waals surface area contributed by atoms with Crippen molar-refractivity contribution in [2.45, 2.75) is 75.4 Å². The van der Waals surface area contributed by atoms with Crippen molar-refractivity contribution in [2.24, 2.45) is 28.6 Å². The second-order valence-electron chi connectivity index (χ2n) is 11.1.